The normalized spacial score (nSPS) is 11.1. The summed E-state index contributed by atoms with van der Waals surface area (Å²) in [6.07, 6.45) is 1.55. The molecule has 0 saturated carbocycles. The molecular formula is C12H8BrClN4S. The Morgan fingerprint density at radius 1 is 1.21 bits per heavy atom. The Morgan fingerprint density at radius 3 is 2.68 bits per heavy atom. The Kier molecular flexibility index (Phi) is 3.47. The monoisotopic (exact) mass is 354 g/mol. The molecule has 0 aliphatic heterocycles. The van der Waals surface area contributed by atoms with Gasteiger partial charge in [0.15, 0.2) is 5.65 Å². The first-order chi connectivity index (χ1) is 9.15. The molecule has 0 aliphatic rings. The second-order valence-corrected chi connectivity index (χ2v) is 6.10. The van der Waals surface area contributed by atoms with E-state index >= 15 is 0 Å². The Bertz CT molecular complexity index is 741. The van der Waals surface area contributed by atoms with Crippen molar-refractivity contribution >= 4 is 50.3 Å². The Hall–Kier alpha value is -1.11. The van der Waals surface area contributed by atoms with Gasteiger partial charge in [0.1, 0.15) is 16.0 Å². The molecule has 0 aliphatic carbocycles. The van der Waals surface area contributed by atoms with Crippen molar-refractivity contribution in [2.75, 3.05) is 0 Å². The zero-order valence-electron chi connectivity index (χ0n) is 9.84. The number of hydrogen-bond acceptors (Lipinski definition) is 4. The summed E-state index contributed by atoms with van der Waals surface area (Å²) in [5.74, 6) is 0. The average molecular weight is 356 g/mol. The second-order valence-electron chi connectivity index (χ2n) is 3.85. The molecule has 3 rings (SSSR count). The summed E-state index contributed by atoms with van der Waals surface area (Å²) in [4.78, 5) is 9.65. The predicted molar refractivity (Wildman–Crippen MR) is 79.6 cm³/mol. The maximum absolute atomic E-state index is 5.88. The fraction of sp³-hybridized carbons (Fsp3) is 0.0833. The third-order valence-corrected chi connectivity index (χ3v) is 4.39. The second kappa shape index (κ2) is 5.11. The van der Waals surface area contributed by atoms with Crippen LogP contribution in [0.25, 0.3) is 11.0 Å². The fourth-order valence-corrected chi connectivity index (χ4v) is 3.45. The first kappa shape index (κ1) is 12.9. The van der Waals surface area contributed by atoms with Crippen LogP contribution in [0.1, 0.15) is 0 Å². The maximum Gasteiger partial charge on any atom is 0.163 e. The Morgan fingerprint density at radius 2 is 1.95 bits per heavy atom. The van der Waals surface area contributed by atoms with Crippen LogP contribution in [0.4, 0.5) is 0 Å². The van der Waals surface area contributed by atoms with Crippen LogP contribution >= 0.6 is 39.3 Å². The van der Waals surface area contributed by atoms with Gasteiger partial charge in [0.2, 0.25) is 0 Å². The zero-order valence-corrected chi connectivity index (χ0v) is 13.0. The van der Waals surface area contributed by atoms with Crippen molar-refractivity contribution in [1.82, 2.24) is 19.7 Å². The molecule has 0 bridgehead atoms. The summed E-state index contributed by atoms with van der Waals surface area (Å²) in [6.45, 7) is 0. The molecule has 0 unspecified atom stereocenters. The van der Waals surface area contributed by atoms with E-state index < -0.39 is 0 Å². The van der Waals surface area contributed by atoms with E-state index in [9.17, 15) is 0 Å². The van der Waals surface area contributed by atoms with Crippen LogP contribution in [-0.2, 0) is 7.05 Å². The molecule has 0 spiro atoms. The van der Waals surface area contributed by atoms with Gasteiger partial charge in [-0.25, -0.2) is 14.6 Å². The smallest absolute Gasteiger partial charge is 0.163 e. The standard InChI is InChI=1S/C12H8BrClN4S/c1-18-11-9(10(13)17-18)12(16-6-15-11)19-8-4-2-7(14)3-5-8/h2-6H,1H3. The van der Waals surface area contributed by atoms with Gasteiger partial charge in [0.25, 0.3) is 0 Å². The van der Waals surface area contributed by atoms with Gasteiger partial charge < -0.3 is 0 Å². The van der Waals surface area contributed by atoms with Crippen LogP contribution in [0.3, 0.4) is 0 Å². The lowest BCUT2D eigenvalue weighted by atomic mass is 10.4. The third-order valence-electron chi connectivity index (χ3n) is 2.57. The van der Waals surface area contributed by atoms with Crippen molar-refractivity contribution in [3.63, 3.8) is 0 Å². The van der Waals surface area contributed by atoms with Crippen molar-refractivity contribution in [2.24, 2.45) is 7.05 Å². The van der Waals surface area contributed by atoms with E-state index in [1.54, 1.807) is 22.8 Å². The highest BCUT2D eigenvalue weighted by atomic mass is 79.9. The molecule has 0 saturated heterocycles. The molecule has 19 heavy (non-hydrogen) atoms. The van der Waals surface area contributed by atoms with E-state index in [0.717, 1.165) is 30.6 Å². The summed E-state index contributed by atoms with van der Waals surface area (Å²) < 4.78 is 2.48. The van der Waals surface area contributed by atoms with Crippen LogP contribution in [0, 0.1) is 0 Å². The number of aromatic nitrogens is 4. The van der Waals surface area contributed by atoms with Gasteiger partial charge in [-0.3, -0.25) is 0 Å². The molecule has 0 amide bonds. The predicted octanol–water partition coefficient (Wildman–Crippen LogP) is 3.93. The minimum absolute atomic E-state index is 0.722. The first-order valence-electron chi connectivity index (χ1n) is 5.42. The number of fused-ring (bicyclic) bond motifs is 1. The van der Waals surface area contributed by atoms with Gasteiger partial charge in [-0.2, -0.15) is 5.10 Å². The molecule has 0 fully saturated rings. The highest BCUT2D eigenvalue weighted by molar-refractivity contribution is 9.10. The third kappa shape index (κ3) is 2.48. The average Bonchev–Trinajstić information content (AvgIpc) is 2.69. The highest BCUT2D eigenvalue weighted by Gasteiger charge is 2.14. The zero-order chi connectivity index (χ0) is 13.4. The van der Waals surface area contributed by atoms with Crippen LogP contribution in [0.5, 0.6) is 0 Å². The molecule has 4 nitrogen and oxygen atoms in total. The molecule has 2 heterocycles. The maximum atomic E-state index is 5.88. The van der Waals surface area contributed by atoms with Gasteiger partial charge in [-0.1, -0.05) is 23.4 Å². The fourth-order valence-electron chi connectivity index (χ4n) is 1.71. The van der Waals surface area contributed by atoms with Crippen LogP contribution in [0.15, 0.2) is 45.1 Å². The van der Waals surface area contributed by atoms with E-state index in [-0.39, 0.29) is 0 Å². The van der Waals surface area contributed by atoms with Crippen molar-refractivity contribution in [3.8, 4) is 0 Å². The molecule has 96 valence electrons. The van der Waals surface area contributed by atoms with Crippen molar-refractivity contribution in [2.45, 2.75) is 9.92 Å². The molecule has 0 radical (unpaired) electrons. The van der Waals surface area contributed by atoms with Gasteiger partial charge in [-0.05, 0) is 40.2 Å². The molecule has 1 aromatic carbocycles. The van der Waals surface area contributed by atoms with Crippen LogP contribution in [0.2, 0.25) is 5.02 Å². The minimum Gasteiger partial charge on any atom is -0.249 e. The number of rotatable bonds is 2. The van der Waals surface area contributed by atoms with Gasteiger partial charge in [0.05, 0.1) is 5.39 Å². The van der Waals surface area contributed by atoms with E-state index in [2.05, 4.69) is 31.0 Å². The molecule has 0 N–H and O–H groups in total. The van der Waals surface area contributed by atoms with E-state index in [1.165, 1.54) is 0 Å². The number of aryl methyl sites for hydroxylation is 1. The van der Waals surface area contributed by atoms with Crippen molar-refractivity contribution < 1.29 is 0 Å². The molecular weight excluding hydrogens is 348 g/mol. The molecule has 0 atom stereocenters. The lowest BCUT2D eigenvalue weighted by molar-refractivity contribution is 0.777. The number of nitrogens with zero attached hydrogens (tertiary/aromatic N) is 4. The summed E-state index contributed by atoms with van der Waals surface area (Å²) in [6, 6.07) is 7.65. The van der Waals surface area contributed by atoms with E-state index in [4.69, 9.17) is 11.6 Å². The van der Waals surface area contributed by atoms with Crippen LogP contribution < -0.4 is 0 Å². The topological polar surface area (TPSA) is 43.6 Å². The summed E-state index contributed by atoms with van der Waals surface area (Å²) in [5.41, 5.74) is 0.804. The molecule has 2 aromatic heterocycles. The summed E-state index contributed by atoms with van der Waals surface area (Å²) in [5, 5.41) is 6.81. The Balaban J connectivity index is 2.08. The number of hydrogen-bond donors (Lipinski definition) is 0. The number of benzene rings is 1. The molecule has 7 heteroatoms. The van der Waals surface area contributed by atoms with Crippen molar-refractivity contribution in [1.29, 1.82) is 0 Å². The van der Waals surface area contributed by atoms with E-state index in [1.807, 2.05) is 31.3 Å². The summed E-state index contributed by atoms with van der Waals surface area (Å²) in [7, 11) is 1.86. The minimum atomic E-state index is 0.722. The Labute approximate surface area is 127 Å². The van der Waals surface area contributed by atoms with Crippen LogP contribution in [-0.4, -0.2) is 19.7 Å². The first-order valence-corrected chi connectivity index (χ1v) is 7.40. The lowest BCUT2D eigenvalue weighted by Gasteiger charge is -2.02. The summed E-state index contributed by atoms with van der Waals surface area (Å²) >= 11 is 10.9. The lowest BCUT2D eigenvalue weighted by Crippen LogP contribution is -1.92. The molecule has 3 aromatic rings. The number of halogens is 2. The largest absolute Gasteiger partial charge is 0.249 e. The SMILES string of the molecule is Cn1nc(Br)c2c(Sc3ccc(Cl)cc3)ncnc21. The van der Waals surface area contributed by atoms with E-state index in [0.29, 0.717) is 0 Å². The van der Waals surface area contributed by atoms with Gasteiger partial charge >= 0.3 is 0 Å². The quantitative estimate of drug-likeness (QED) is 0.653. The van der Waals surface area contributed by atoms with Gasteiger partial charge in [-0.15, -0.1) is 0 Å². The highest BCUT2D eigenvalue weighted by Crippen LogP contribution is 2.34. The van der Waals surface area contributed by atoms with Crippen molar-refractivity contribution in [3.05, 3.63) is 40.2 Å². The van der Waals surface area contributed by atoms with Gasteiger partial charge in [0, 0.05) is 17.0 Å².